The van der Waals surface area contributed by atoms with Gasteiger partial charge in [-0.15, -0.1) is 0 Å². The summed E-state index contributed by atoms with van der Waals surface area (Å²) in [4.78, 5) is 0. The SMILES string of the molecule is Cc1ccccc1OCCCCC(O)COCC12CC3CC(CC(C3)C1)C2. The number of aliphatic hydroxyl groups is 1. The average Bonchev–Trinajstić information content (AvgIpc) is 2.61. The van der Waals surface area contributed by atoms with Crippen molar-refractivity contribution in [2.24, 2.45) is 23.2 Å². The number of ether oxygens (including phenoxy) is 2. The number of hydrogen-bond acceptors (Lipinski definition) is 3. The summed E-state index contributed by atoms with van der Waals surface area (Å²) < 4.78 is 11.9. The molecule has 1 N–H and O–H groups in total. The molecular formula is C24H36O3. The van der Waals surface area contributed by atoms with Gasteiger partial charge in [-0.2, -0.15) is 0 Å². The van der Waals surface area contributed by atoms with E-state index < -0.39 is 0 Å². The van der Waals surface area contributed by atoms with Gasteiger partial charge in [0.2, 0.25) is 0 Å². The number of aliphatic hydroxyl groups excluding tert-OH is 1. The molecule has 1 aromatic rings. The predicted octanol–water partition coefficient (Wildman–Crippen LogP) is 5.14. The first kappa shape index (κ1) is 19.3. The Hall–Kier alpha value is -1.06. The molecule has 1 unspecified atom stereocenters. The van der Waals surface area contributed by atoms with Gasteiger partial charge in [0.1, 0.15) is 5.75 Å². The summed E-state index contributed by atoms with van der Waals surface area (Å²) >= 11 is 0. The van der Waals surface area contributed by atoms with Crippen LogP contribution < -0.4 is 4.74 Å². The van der Waals surface area contributed by atoms with Gasteiger partial charge in [-0.05, 0) is 99.5 Å². The molecular weight excluding hydrogens is 336 g/mol. The highest BCUT2D eigenvalue weighted by atomic mass is 16.5. The molecule has 4 fully saturated rings. The van der Waals surface area contributed by atoms with Crippen LogP contribution in [0.5, 0.6) is 5.75 Å². The van der Waals surface area contributed by atoms with Crippen LogP contribution >= 0.6 is 0 Å². The maximum Gasteiger partial charge on any atom is 0.122 e. The largest absolute Gasteiger partial charge is 0.493 e. The number of benzene rings is 1. The molecule has 0 amide bonds. The van der Waals surface area contributed by atoms with Gasteiger partial charge in [0.15, 0.2) is 0 Å². The lowest BCUT2D eigenvalue weighted by atomic mass is 9.50. The number of rotatable bonds is 10. The molecule has 5 rings (SSSR count). The second-order valence-corrected chi connectivity index (χ2v) is 9.70. The van der Waals surface area contributed by atoms with Crippen molar-refractivity contribution in [3.8, 4) is 5.75 Å². The zero-order valence-electron chi connectivity index (χ0n) is 16.9. The van der Waals surface area contributed by atoms with Crippen molar-refractivity contribution in [3.63, 3.8) is 0 Å². The predicted molar refractivity (Wildman–Crippen MR) is 108 cm³/mol. The number of hydrogen-bond donors (Lipinski definition) is 1. The van der Waals surface area contributed by atoms with Gasteiger partial charge in [-0.25, -0.2) is 0 Å². The Labute approximate surface area is 164 Å². The Balaban J connectivity index is 1.09. The van der Waals surface area contributed by atoms with E-state index in [1.54, 1.807) is 0 Å². The highest BCUT2D eigenvalue weighted by Gasteiger charge is 2.50. The van der Waals surface area contributed by atoms with Crippen molar-refractivity contribution in [3.05, 3.63) is 29.8 Å². The molecule has 1 atom stereocenters. The summed E-state index contributed by atoms with van der Waals surface area (Å²) in [6.07, 6.45) is 11.0. The molecule has 3 nitrogen and oxygen atoms in total. The fraction of sp³-hybridized carbons (Fsp3) is 0.750. The minimum atomic E-state index is -0.336. The smallest absolute Gasteiger partial charge is 0.122 e. The van der Waals surface area contributed by atoms with Gasteiger partial charge in [0.05, 0.1) is 25.9 Å². The Morgan fingerprint density at radius 3 is 2.37 bits per heavy atom. The van der Waals surface area contributed by atoms with E-state index >= 15 is 0 Å². The van der Waals surface area contributed by atoms with Crippen molar-refractivity contribution in [1.82, 2.24) is 0 Å². The maximum atomic E-state index is 10.3. The van der Waals surface area contributed by atoms with Crippen LogP contribution in [-0.4, -0.2) is 31.0 Å². The molecule has 3 heteroatoms. The van der Waals surface area contributed by atoms with Gasteiger partial charge in [0, 0.05) is 0 Å². The van der Waals surface area contributed by atoms with Gasteiger partial charge >= 0.3 is 0 Å². The Morgan fingerprint density at radius 1 is 1.04 bits per heavy atom. The molecule has 0 aliphatic heterocycles. The van der Waals surface area contributed by atoms with E-state index in [0.29, 0.717) is 18.6 Å². The van der Waals surface area contributed by atoms with Crippen LogP contribution in [0.25, 0.3) is 0 Å². The fourth-order valence-electron chi connectivity index (χ4n) is 6.34. The molecule has 0 radical (unpaired) electrons. The van der Waals surface area contributed by atoms with Crippen molar-refractivity contribution < 1.29 is 14.6 Å². The normalized spacial score (nSPS) is 32.6. The molecule has 4 aliphatic carbocycles. The summed E-state index contributed by atoms with van der Waals surface area (Å²) in [7, 11) is 0. The van der Waals surface area contributed by atoms with Crippen molar-refractivity contribution in [2.45, 2.75) is 70.8 Å². The maximum absolute atomic E-state index is 10.3. The van der Waals surface area contributed by atoms with Gasteiger partial charge in [0.25, 0.3) is 0 Å². The highest BCUT2D eigenvalue weighted by molar-refractivity contribution is 5.31. The molecule has 0 spiro atoms. The van der Waals surface area contributed by atoms with E-state index in [4.69, 9.17) is 9.47 Å². The molecule has 4 saturated carbocycles. The number of para-hydroxylation sites is 1. The van der Waals surface area contributed by atoms with Crippen LogP contribution in [0.2, 0.25) is 0 Å². The van der Waals surface area contributed by atoms with E-state index in [1.807, 2.05) is 18.2 Å². The van der Waals surface area contributed by atoms with Gasteiger partial charge < -0.3 is 14.6 Å². The van der Waals surface area contributed by atoms with E-state index in [2.05, 4.69) is 13.0 Å². The Bertz CT molecular complexity index is 576. The first-order valence-electron chi connectivity index (χ1n) is 11.1. The van der Waals surface area contributed by atoms with E-state index in [-0.39, 0.29) is 6.10 Å². The average molecular weight is 373 g/mol. The summed E-state index contributed by atoms with van der Waals surface area (Å²) in [5, 5.41) is 10.3. The molecule has 1 aromatic carbocycles. The summed E-state index contributed by atoms with van der Waals surface area (Å²) in [6.45, 7) is 4.16. The third-order valence-corrected chi connectivity index (χ3v) is 7.17. The minimum Gasteiger partial charge on any atom is -0.493 e. The zero-order valence-corrected chi connectivity index (χ0v) is 16.9. The van der Waals surface area contributed by atoms with Gasteiger partial charge in [-0.3, -0.25) is 0 Å². The quantitative estimate of drug-likeness (QED) is 0.578. The zero-order chi connectivity index (χ0) is 18.7. The van der Waals surface area contributed by atoms with Crippen LogP contribution in [0.3, 0.4) is 0 Å². The van der Waals surface area contributed by atoms with Crippen LogP contribution in [-0.2, 0) is 4.74 Å². The van der Waals surface area contributed by atoms with Crippen LogP contribution in [0.15, 0.2) is 24.3 Å². The lowest BCUT2D eigenvalue weighted by molar-refractivity contribution is -0.106. The van der Waals surface area contributed by atoms with Crippen LogP contribution in [0.1, 0.15) is 63.4 Å². The monoisotopic (exact) mass is 372 g/mol. The van der Waals surface area contributed by atoms with E-state index in [0.717, 1.165) is 49.4 Å². The van der Waals surface area contributed by atoms with Crippen molar-refractivity contribution in [2.75, 3.05) is 19.8 Å². The van der Waals surface area contributed by atoms with E-state index in [9.17, 15) is 5.11 Å². The Kier molecular flexibility index (Phi) is 6.08. The summed E-state index contributed by atoms with van der Waals surface area (Å²) in [5.41, 5.74) is 1.63. The third-order valence-electron chi connectivity index (χ3n) is 7.17. The van der Waals surface area contributed by atoms with Crippen molar-refractivity contribution >= 4 is 0 Å². The van der Waals surface area contributed by atoms with Gasteiger partial charge in [-0.1, -0.05) is 18.2 Å². The summed E-state index contributed by atoms with van der Waals surface area (Å²) in [5.74, 6) is 3.88. The van der Waals surface area contributed by atoms with Crippen molar-refractivity contribution in [1.29, 1.82) is 0 Å². The first-order chi connectivity index (χ1) is 13.1. The summed E-state index contributed by atoms with van der Waals surface area (Å²) in [6, 6.07) is 8.12. The van der Waals surface area contributed by atoms with E-state index in [1.165, 1.54) is 44.1 Å². The third kappa shape index (κ3) is 4.86. The van der Waals surface area contributed by atoms with Crippen LogP contribution in [0, 0.1) is 30.1 Å². The standard InChI is InChI=1S/C24H36O3/c1-18-6-2-3-8-23(18)27-9-5-4-7-22(25)16-26-17-24-13-19-10-20(14-24)12-21(11-19)15-24/h2-3,6,8,19-22,25H,4-5,7,9-17H2,1H3. The molecule has 4 aliphatic rings. The topological polar surface area (TPSA) is 38.7 Å². The highest BCUT2D eigenvalue weighted by Crippen LogP contribution is 2.60. The molecule has 27 heavy (non-hydrogen) atoms. The first-order valence-corrected chi connectivity index (χ1v) is 11.1. The second-order valence-electron chi connectivity index (χ2n) is 9.70. The van der Waals surface area contributed by atoms with Crippen LogP contribution in [0.4, 0.5) is 0 Å². The number of unbranched alkanes of at least 4 members (excludes halogenated alkanes) is 1. The lowest BCUT2D eigenvalue weighted by Gasteiger charge is -2.56. The minimum absolute atomic E-state index is 0.336. The number of aryl methyl sites for hydroxylation is 1. The Morgan fingerprint density at radius 2 is 1.70 bits per heavy atom. The lowest BCUT2D eigenvalue weighted by Crippen LogP contribution is -2.48. The molecule has 0 aromatic heterocycles. The molecule has 0 saturated heterocycles. The molecule has 150 valence electrons. The molecule has 4 bridgehead atoms. The molecule has 0 heterocycles. The second kappa shape index (κ2) is 8.53. The fourth-order valence-corrected chi connectivity index (χ4v) is 6.34.